The minimum atomic E-state index is -0.147. The number of halogens is 1. The zero-order valence-corrected chi connectivity index (χ0v) is 15.1. The molecule has 0 aliphatic carbocycles. The van der Waals surface area contributed by atoms with Gasteiger partial charge in [-0.2, -0.15) is 0 Å². The third-order valence-electron chi connectivity index (χ3n) is 3.78. The van der Waals surface area contributed by atoms with Gasteiger partial charge in [0.05, 0.1) is 17.0 Å². The fourth-order valence-electron chi connectivity index (χ4n) is 2.42. The summed E-state index contributed by atoms with van der Waals surface area (Å²) >= 11 is 3.43. The molecule has 0 radical (unpaired) electrons. The van der Waals surface area contributed by atoms with Crippen molar-refractivity contribution in [1.29, 1.82) is 0 Å². The number of pyridine rings is 1. The van der Waals surface area contributed by atoms with Crippen molar-refractivity contribution in [2.45, 2.75) is 13.8 Å². The van der Waals surface area contributed by atoms with Crippen LogP contribution in [-0.4, -0.2) is 10.9 Å². The minimum Gasteiger partial charge on any atom is -0.322 e. The van der Waals surface area contributed by atoms with E-state index in [4.69, 9.17) is 0 Å². The Kier molecular flexibility index (Phi) is 4.76. The molecule has 2 aromatic carbocycles. The normalized spacial score (nSPS) is 10.5. The Morgan fingerprint density at radius 3 is 2.21 bits per heavy atom. The van der Waals surface area contributed by atoms with Crippen molar-refractivity contribution in [3.63, 3.8) is 0 Å². The summed E-state index contributed by atoms with van der Waals surface area (Å²) in [4.78, 5) is 17.0. The molecule has 0 aliphatic rings. The standard InChI is InChI=1S/C20H17BrN2O/c1-13-3-9-17(10-4-13)23-20(24)18-11-12-19(22-14(18)2)15-5-7-16(21)8-6-15/h3-12H,1-2H3,(H,23,24). The molecular weight excluding hydrogens is 364 g/mol. The summed E-state index contributed by atoms with van der Waals surface area (Å²) in [5.41, 5.74) is 5.10. The molecule has 1 amide bonds. The second-order valence-electron chi connectivity index (χ2n) is 5.66. The van der Waals surface area contributed by atoms with Crippen molar-refractivity contribution in [1.82, 2.24) is 4.98 Å². The van der Waals surface area contributed by atoms with E-state index in [-0.39, 0.29) is 5.91 Å². The van der Waals surface area contributed by atoms with Gasteiger partial charge in [-0.1, -0.05) is 45.8 Å². The second kappa shape index (κ2) is 6.97. The molecule has 0 unspecified atom stereocenters. The number of hydrogen-bond acceptors (Lipinski definition) is 2. The molecule has 1 N–H and O–H groups in total. The van der Waals surface area contributed by atoms with Crippen molar-refractivity contribution in [3.05, 3.63) is 82.0 Å². The highest BCUT2D eigenvalue weighted by atomic mass is 79.9. The topological polar surface area (TPSA) is 42.0 Å². The van der Waals surface area contributed by atoms with Crippen LogP contribution < -0.4 is 5.32 Å². The molecule has 0 bridgehead atoms. The molecule has 0 fully saturated rings. The summed E-state index contributed by atoms with van der Waals surface area (Å²) in [7, 11) is 0. The van der Waals surface area contributed by atoms with E-state index >= 15 is 0 Å². The Labute approximate surface area is 149 Å². The SMILES string of the molecule is Cc1ccc(NC(=O)c2ccc(-c3ccc(Br)cc3)nc2C)cc1. The van der Waals surface area contributed by atoms with E-state index in [0.717, 1.165) is 27.0 Å². The molecule has 0 spiro atoms. The van der Waals surface area contributed by atoms with Crippen LogP contribution in [0.3, 0.4) is 0 Å². The molecule has 3 rings (SSSR count). The first-order valence-corrected chi connectivity index (χ1v) is 8.44. The number of carbonyl (C=O) groups excluding carboxylic acids is 1. The van der Waals surface area contributed by atoms with Crippen LogP contribution in [0.15, 0.2) is 65.1 Å². The first-order valence-electron chi connectivity index (χ1n) is 7.64. The van der Waals surface area contributed by atoms with Crippen molar-refractivity contribution in [2.75, 3.05) is 5.32 Å². The van der Waals surface area contributed by atoms with Gasteiger partial charge in [-0.05, 0) is 50.2 Å². The Balaban J connectivity index is 1.82. The lowest BCUT2D eigenvalue weighted by Gasteiger charge is -2.09. The van der Waals surface area contributed by atoms with E-state index < -0.39 is 0 Å². The van der Waals surface area contributed by atoms with E-state index in [1.54, 1.807) is 0 Å². The number of rotatable bonds is 3. The van der Waals surface area contributed by atoms with Crippen LogP contribution in [0.1, 0.15) is 21.6 Å². The highest BCUT2D eigenvalue weighted by Gasteiger charge is 2.11. The molecule has 1 aromatic heterocycles. The highest BCUT2D eigenvalue weighted by Crippen LogP contribution is 2.22. The van der Waals surface area contributed by atoms with Gasteiger partial charge in [-0.3, -0.25) is 9.78 Å². The Morgan fingerprint density at radius 1 is 0.917 bits per heavy atom. The third kappa shape index (κ3) is 3.71. The molecule has 1 heterocycles. The van der Waals surface area contributed by atoms with E-state index in [1.807, 2.05) is 74.5 Å². The maximum Gasteiger partial charge on any atom is 0.257 e. The molecular formula is C20H17BrN2O. The second-order valence-corrected chi connectivity index (χ2v) is 6.57. The predicted octanol–water partition coefficient (Wildman–Crippen LogP) is 5.38. The molecule has 120 valence electrons. The lowest BCUT2D eigenvalue weighted by molar-refractivity contribution is 0.102. The predicted molar refractivity (Wildman–Crippen MR) is 101 cm³/mol. The van der Waals surface area contributed by atoms with Gasteiger partial charge in [-0.25, -0.2) is 0 Å². The van der Waals surface area contributed by atoms with Crippen LogP contribution in [0.2, 0.25) is 0 Å². The number of anilines is 1. The molecule has 0 aliphatic heterocycles. The first kappa shape index (κ1) is 16.4. The van der Waals surface area contributed by atoms with Crippen molar-refractivity contribution >= 4 is 27.5 Å². The van der Waals surface area contributed by atoms with Crippen molar-refractivity contribution in [3.8, 4) is 11.3 Å². The van der Waals surface area contributed by atoms with E-state index in [2.05, 4.69) is 26.2 Å². The van der Waals surface area contributed by atoms with Crippen LogP contribution in [0.4, 0.5) is 5.69 Å². The Morgan fingerprint density at radius 2 is 1.58 bits per heavy atom. The summed E-state index contributed by atoms with van der Waals surface area (Å²) in [6, 6.07) is 19.4. The van der Waals surface area contributed by atoms with E-state index in [1.165, 1.54) is 0 Å². The average molecular weight is 381 g/mol. The fourth-order valence-corrected chi connectivity index (χ4v) is 2.68. The minimum absolute atomic E-state index is 0.147. The number of aryl methyl sites for hydroxylation is 2. The van der Waals surface area contributed by atoms with Crippen LogP contribution in [0.25, 0.3) is 11.3 Å². The van der Waals surface area contributed by atoms with Crippen LogP contribution in [0.5, 0.6) is 0 Å². The molecule has 0 atom stereocenters. The number of carbonyl (C=O) groups is 1. The number of aromatic nitrogens is 1. The van der Waals surface area contributed by atoms with Gasteiger partial charge in [0.2, 0.25) is 0 Å². The third-order valence-corrected chi connectivity index (χ3v) is 4.31. The highest BCUT2D eigenvalue weighted by molar-refractivity contribution is 9.10. The number of amides is 1. The average Bonchev–Trinajstić information content (AvgIpc) is 2.57. The van der Waals surface area contributed by atoms with E-state index in [9.17, 15) is 4.79 Å². The molecule has 3 aromatic rings. The summed E-state index contributed by atoms with van der Waals surface area (Å²) in [6.07, 6.45) is 0. The summed E-state index contributed by atoms with van der Waals surface area (Å²) in [5, 5.41) is 2.91. The van der Waals surface area contributed by atoms with Gasteiger partial charge in [0, 0.05) is 15.7 Å². The monoisotopic (exact) mass is 380 g/mol. The van der Waals surface area contributed by atoms with Gasteiger partial charge in [0.1, 0.15) is 0 Å². The van der Waals surface area contributed by atoms with Crippen LogP contribution in [0, 0.1) is 13.8 Å². The Hall–Kier alpha value is -2.46. The lowest BCUT2D eigenvalue weighted by Crippen LogP contribution is -2.14. The van der Waals surface area contributed by atoms with Gasteiger partial charge in [0.25, 0.3) is 5.91 Å². The van der Waals surface area contributed by atoms with Crippen LogP contribution >= 0.6 is 15.9 Å². The van der Waals surface area contributed by atoms with Crippen LogP contribution in [-0.2, 0) is 0 Å². The molecule has 3 nitrogen and oxygen atoms in total. The number of benzene rings is 2. The fraction of sp³-hybridized carbons (Fsp3) is 0.100. The smallest absolute Gasteiger partial charge is 0.257 e. The maximum absolute atomic E-state index is 12.5. The first-order chi connectivity index (χ1) is 11.5. The largest absolute Gasteiger partial charge is 0.322 e. The van der Waals surface area contributed by atoms with Gasteiger partial charge in [-0.15, -0.1) is 0 Å². The molecule has 0 saturated heterocycles. The summed E-state index contributed by atoms with van der Waals surface area (Å²) in [6.45, 7) is 3.87. The van der Waals surface area contributed by atoms with Gasteiger partial charge >= 0.3 is 0 Å². The van der Waals surface area contributed by atoms with E-state index in [0.29, 0.717) is 11.3 Å². The zero-order valence-electron chi connectivity index (χ0n) is 13.5. The number of nitrogens with one attached hydrogen (secondary N) is 1. The maximum atomic E-state index is 12.5. The zero-order chi connectivity index (χ0) is 17.1. The number of hydrogen-bond donors (Lipinski definition) is 1. The summed E-state index contributed by atoms with van der Waals surface area (Å²) in [5.74, 6) is -0.147. The van der Waals surface area contributed by atoms with Gasteiger partial charge < -0.3 is 5.32 Å². The van der Waals surface area contributed by atoms with Crippen molar-refractivity contribution in [2.24, 2.45) is 0 Å². The van der Waals surface area contributed by atoms with Gasteiger partial charge in [0.15, 0.2) is 0 Å². The Bertz CT molecular complexity index is 871. The molecule has 0 saturated carbocycles. The lowest BCUT2D eigenvalue weighted by atomic mass is 10.1. The van der Waals surface area contributed by atoms with Crippen molar-refractivity contribution < 1.29 is 4.79 Å². The number of nitrogens with zero attached hydrogens (tertiary/aromatic N) is 1. The molecule has 4 heteroatoms. The summed E-state index contributed by atoms with van der Waals surface area (Å²) < 4.78 is 1.03. The molecule has 24 heavy (non-hydrogen) atoms. The quantitative estimate of drug-likeness (QED) is 0.662.